The summed E-state index contributed by atoms with van der Waals surface area (Å²) in [5, 5.41) is 52.2. The van der Waals surface area contributed by atoms with Gasteiger partial charge >= 0.3 is 23.7 Å². The second-order valence-corrected chi connectivity index (χ2v) is 2.48. The van der Waals surface area contributed by atoms with Crippen LogP contribution in [0.25, 0.3) is 0 Å². The van der Waals surface area contributed by atoms with Crippen molar-refractivity contribution in [1.82, 2.24) is 0 Å². The third-order valence-electron chi connectivity index (χ3n) is 1.51. The summed E-state index contributed by atoms with van der Waals surface area (Å²) in [6.07, 6.45) is -6.39. The van der Waals surface area contributed by atoms with E-state index in [1.807, 2.05) is 0 Å². The van der Waals surface area contributed by atoms with E-state index in [1.165, 1.54) is 0 Å². The predicted octanol–water partition coefficient (Wildman–Crippen LogP) is -3.71. The number of hydrogen-bond acceptors (Lipinski definition) is 7. The molecule has 0 aliphatic rings. The number of rotatable bonds is 5. The minimum absolute atomic E-state index is 0.726. The fourth-order valence-corrected chi connectivity index (χ4v) is 0.671. The molecule has 0 aliphatic carbocycles. The molecule has 6 N–H and O–H groups in total. The van der Waals surface area contributed by atoms with Gasteiger partial charge in [-0.1, -0.05) is 0 Å². The second kappa shape index (κ2) is 9.82. The van der Waals surface area contributed by atoms with Gasteiger partial charge in [-0.2, -0.15) is 0 Å². The molecule has 0 aliphatic heterocycles. The van der Waals surface area contributed by atoms with Gasteiger partial charge in [0.1, 0.15) is 24.4 Å². The Labute approximate surface area is 92.4 Å². The van der Waals surface area contributed by atoms with E-state index in [0.717, 1.165) is 20.4 Å². The van der Waals surface area contributed by atoms with E-state index in [1.54, 1.807) is 0 Å². The first-order valence-electron chi connectivity index (χ1n) is 3.69. The molecule has 0 saturated heterocycles. The van der Waals surface area contributed by atoms with Crippen LogP contribution < -0.4 is 0 Å². The zero-order chi connectivity index (χ0) is 11.7. The van der Waals surface area contributed by atoms with Crippen molar-refractivity contribution in [3.63, 3.8) is 0 Å². The van der Waals surface area contributed by atoms with Crippen molar-refractivity contribution in [3.8, 4) is 0 Å². The van der Waals surface area contributed by atoms with Crippen LogP contribution in [0.15, 0.2) is 0 Å². The Morgan fingerprint density at radius 3 is 1.14 bits per heavy atom. The molecule has 0 aromatic carbocycles. The monoisotopic (exact) mass is 246 g/mol. The molecule has 8 heteroatoms. The molecule has 4 atom stereocenters. The van der Waals surface area contributed by atoms with Gasteiger partial charge in [-0.05, 0) is 0 Å². The first-order chi connectivity index (χ1) is 6.54. The number of aliphatic hydroxyl groups is 6. The standard InChI is InChI=1S/C6H14O6.O.Ti/c7-1-3(9)5(11)6(12)4(10)2-8;;/h3-12H,1-2H2;;/t3-,4+,5-,6-;;/m1../s1. The summed E-state index contributed by atoms with van der Waals surface area (Å²) < 4.78 is 8.25. The van der Waals surface area contributed by atoms with E-state index >= 15 is 0 Å². The summed E-state index contributed by atoms with van der Waals surface area (Å²) in [7, 11) is 0. The molecule has 0 amide bonds. The Hall–Kier alpha value is 0.274. The van der Waals surface area contributed by atoms with Gasteiger partial charge in [0.25, 0.3) is 0 Å². The van der Waals surface area contributed by atoms with E-state index in [2.05, 4.69) is 0 Å². The van der Waals surface area contributed by atoms with Crippen LogP contribution in [-0.4, -0.2) is 68.3 Å². The molecule has 0 aromatic rings. The van der Waals surface area contributed by atoms with Crippen LogP contribution in [0.5, 0.6) is 0 Å². The van der Waals surface area contributed by atoms with Crippen molar-refractivity contribution >= 4 is 0 Å². The molecule has 84 valence electrons. The third kappa shape index (κ3) is 5.89. The molecule has 0 radical (unpaired) electrons. The Balaban J connectivity index is 0. The van der Waals surface area contributed by atoms with Gasteiger partial charge in [-0.25, -0.2) is 0 Å². The van der Waals surface area contributed by atoms with Crippen molar-refractivity contribution in [2.75, 3.05) is 13.2 Å². The average molecular weight is 246 g/mol. The molecule has 0 saturated carbocycles. The molecule has 0 aromatic heterocycles. The summed E-state index contributed by atoms with van der Waals surface area (Å²) >= 11 is 0.750. The first kappa shape index (κ1) is 16.7. The molecule has 7 nitrogen and oxygen atoms in total. The van der Waals surface area contributed by atoms with E-state index in [-0.39, 0.29) is 0 Å². The number of aliphatic hydroxyl groups excluding tert-OH is 6. The van der Waals surface area contributed by atoms with Gasteiger partial charge in [-0.3, -0.25) is 0 Å². The molecule has 0 rings (SSSR count). The summed E-state index contributed by atoms with van der Waals surface area (Å²) in [4.78, 5) is 0. The predicted molar refractivity (Wildman–Crippen MR) is 38.9 cm³/mol. The number of hydrogen-bond donors (Lipinski definition) is 6. The molecule has 0 heterocycles. The molecule has 0 spiro atoms. The van der Waals surface area contributed by atoms with Gasteiger partial charge < -0.3 is 30.6 Å². The zero-order valence-electron chi connectivity index (χ0n) is 7.32. The van der Waals surface area contributed by atoms with E-state index in [0.29, 0.717) is 0 Å². The SMILES string of the molecule is OC[C@@H](O)[C@@H](O)[C@H](O)[C@@H](O)CO.[O]=[Ti]. The van der Waals surface area contributed by atoms with Gasteiger partial charge in [0.2, 0.25) is 0 Å². The minimum atomic E-state index is -1.67. The van der Waals surface area contributed by atoms with Gasteiger partial charge in [0.15, 0.2) is 0 Å². The van der Waals surface area contributed by atoms with Crippen LogP contribution in [0.1, 0.15) is 0 Å². The van der Waals surface area contributed by atoms with Gasteiger partial charge in [0, 0.05) is 0 Å². The zero-order valence-corrected chi connectivity index (χ0v) is 8.88. The molecule has 0 unspecified atom stereocenters. The van der Waals surface area contributed by atoms with Crippen molar-refractivity contribution in [1.29, 1.82) is 0 Å². The van der Waals surface area contributed by atoms with E-state index < -0.39 is 37.6 Å². The van der Waals surface area contributed by atoms with E-state index in [4.69, 9.17) is 34.0 Å². The Bertz CT molecular complexity index is 121. The Morgan fingerprint density at radius 2 is 1.00 bits per heavy atom. The Morgan fingerprint density at radius 1 is 0.786 bits per heavy atom. The average Bonchev–Trinajstić information content (AvgIpc) is 2.27. The molecule has 0 fully saturated rings. The van der Waals surface area contributed by atoms with Crippen LogP contribution in [0.3, 0.4) is 0 Å². The van der Waals surface area contributed by atoms with Crippen LogP contribution in [-0.2, 0) is 23.7 Å². The van der Waals surface area contributed by atoms with Crippen molar-refractivity contribution in [2.24, 2.45) is 0 Å². The Kier molecular flexibility index (Phi) is 11.7. The molecule has 0 bridgehead atoms. The van der Waals surface area contributed by atoms with Crippen LogP contribution in [0.2, 0.25) is 0 Å². The van der Waals surface area contributed by atoms with Crippen LogP contribution >= 0.6 is 0 Å². The molecular weight excluding hydrogens is 232 g/mol. The van der Waals surface area contributed by atoms with Crippen LogP contribution in [0.4, 0.5) is 0 Å². The normalized spacial score (nSPS) is 18.6. The molecule has 14 heavy (non-hydrogen) atoms. The third-order valence-corrected chi connectivity index (χ3v) is 1.51. The van der Waals surface area contributed by atoms with E-state index in [9.17, 15) is 0 Å². The van der Waals surface area contributed by atoms with Gasteiger partial charge in [-0.15, -0.1) is 0 Å². The van der Waals surface area contributed by atoms with Crippen molar-refractivity contribution in [3.05, 3.63) is 0 Å². The van der Waals surface area contributed by atoms with Crippen LogP contribution in [0, 0.1) is 0 Å². The molecular formula is C6H14O7Ti. The second-order valence-electron chi connectivity index (χ2n) is 2.48. The van der Waals surface area contributed by atoms with Gasteiger partial charge in [0.05, 0.1) is 13.2 Å². The van der Waals surface area contributed by atoms with Crippen molar-refractivity contribution < 1.29 is 54.4 Å². The topological polar surface area (TPSA) is 138 Å². The summed E-state index contributed by atoms with van der Waals surface area (Å²) in [6.45, 7) is -1.45. The summed E-state index contributed by atoms with van der Waals surface area (Å²) in [5.74, 6) is 0. The maximum atomic E-state index is 8.96. The first-order valence-corrected chi connectivity index (χ1v) is 4.32. The summed E-state index contributed by atoms with van der Waals surface area (Å²) in [6, 6.07) is 0. The van der Waals surface area contributed by atoms with Crippen molar-refractivity contribution in [2.45, 2.75) is 24.4 Å². The fourth-order valence-electron chi connectivity index (χ4n) is 0.671. The quantitative estimate of drug-likeness (QED) is 0.274. The maximum absolute atomic E-state index is 8.96. The fraction of sp³-hybridized carbons (Fsp3) is 1.00. The summed E-state index contributed by atoms with van der Waals surface area (Å²) in [5.41, 5.74) is 0.